The van der Waals surface area contributed by atoms with Gasteiger partial charge in [-0.25, -0.2) is 9.18 Å². The summed E-state index contributed by atoms with van der Waals surface area (Å²) < 4.78 is 20.4. The molecule has 2 aromatic rings. The fraction of sp³-hybridized carbons (Fsp3) is 0.500. The van der Waals surface area contributed by atoms with Gasteiger partial charge in [0, 0.05) is 44.4 Å². The van der Waals surface area contributed by atoms with Crippen LogP contribution in [0.3, 0.4) is 0 Å². The van der Waals surface area contributed by atoms with Crippen molar-refractivity contribution in [1.29, 1.82) is 0 Å². The molecule has 0 spiro atoms. The minimum atomic E-state index is -0.740. The first-order valence-electron chi connectivity index (χ1n) is 10.9. The van der Waals surface area contributed by atoms with Gasteiger partial charge in [0.25, 0.3) is 5.56 Å². The maximum Gasteiger partial charge on any atom is 0.410 e. The van der Waals surface area contributed by atoms with Crippen molar-refractivity contribution < 1.29 is 23.5 Å². The number of amides is 3. The molecule has 33 heavy (non-hydrogen) atoms. The normalized spacial score (nSPS) is 17.6. The number of ether oxygens (including phenoxy) is 1. The molecule has 0 bridgehead atoms. The molecule has 1 aromatic heterocycles. The van der Waals surface area contributed by atoms with E-state index in [4.69, 9.17) is 4.74 Å². The second-order valence-electron chi connectivity index (χ2n) is 9.14. The molecule has 2 aliphatic rings. The number of carbonyl (C=O) groups excluding carboxylic acids is 3. The van der Waals surface area contributed by atoms with Gasteiger partial charge in [0.2, 0.25) is 11.8 Å². The summed E-state index contributed by atoms with van der Waals surface area (Å²) in [5, 5.41) is 5.13. The highest BCUT2D eigenvalue weighted by atomic mass is 19.1. The van der Waals surface area contributed by atoms with Gasteiger partial charge in [0.15, 0.2) is 0 Å². The Morgan fingerprint density at radius 2 is 1.67 bits per heavy atom. The second-order valence-corrected chi connectivity index (χ2v) is 9.14. The Balaban J connectivity index is 1.57. The van der Waals surface area contributed by atoms with Crippen molar-refractivity contribution in [3.8, 4) is 0 Å². The number of hydrogen-bond donors (Lipinski definition) is 0. The number of rotatable bonds is 2. The quantitative estimate of drug-likeness (QED) is 0.630. The van der Waals surface area contributed by atoms with Crippen molar-refractivity contribution in [3.05, 3.63) is 34.5 Å². The number of fused-ring (bicyclic) bond motifs is 1. The largest absolute Gasteiger partial charge is 0.444 e. The molecule has 11 heteroatoms. The predicted molar refractivity (Wildman–Crippen MR) is 118 cm³/mol. The van der Waals surface area contributed by atoms with Crippen LogP contribution in [0.15, 0.2) is 23.1 Å². The van der Waals surface area contributed by atoms with Crippen LogP contribution in [-0.4, -0.2) is 64.5 Å². The number of benzene rings is 1. The lowest BCUT2D eigenvalue weighted by Crippen LogP contribution is -2.53. The number of nitrogens with zero attached hydrogens (tertiary/aromatic N) is 5. The van der Waals surface area contributed by atoms with Crippen molar-refractivity contribution >= 4 is 34.4 Å². The smallest absolute Gasteiger partial charge is 0.410 e. The van der Waals surface area contributed by atoms with Gasteiger partial charge in [0.05, 0.1) is 17.3 Å². The van der Waals surface area contributed by atoms with Gasteiger partial charge in [-0.15, -0.1) is 4.79 Å². The molecule has 3 amide bonds. The van der Waals surface area contributed by atoms with Crippen LogP contribution in [0.5, 0.6) is 0 Å². The lowest BCUT2D eigenvalue weighted by atomic mass is 10.1. The Kier molecular flexibility index (Phi) is 5.81. The van der Waals surface area contributed by atoms with Crippen LogP contribution in [0, 0.1) is 5.82 Å². The van der Waals surface area contributed by atoms with E-state index in [9.17, 15) is 19.2 Å². The molecule has 0 saturated carbocycles. The molecule has 0 aliphatic carbocycles. The standard InChI is InChI=1S/C22H26FN5O5/c1-22(2,3)33-21(32)26-9-7-25(8-10-26)17-11-14-13-24-28(20(31)15(14)12-16(17)23)27-18(29)5-4-6-19(27)30/h11-13H,4-10H2,1-3H3. The third-order valence-corrected chi connectivity index (χ3v) is 5.55. The summed E-state index contributed by atoms with van der Waals surface area (Å²) >= 11 is 0. The minimum Gasteiger partial charge on any atom is -0.444 e. The fourth-order valence-electron chi connectivity index (χ4n) is 3.94. The molecule has 0 radical (unpaired) electrons. The summed E-state index contributed by atoms with van der Waals surface area (Å²) in [6.07, 6.45) is 1.63. The molecule has 0 unspecified atom stereocenters. The fourth-order valence-corrected chi connectivity index (χ4v) is 3.94. The van der Waals surface area contributed by atoms with Gasteiger partial charge in [-0.05, 0) is 39.3 Å². The van der Waals surface area contributed by atoms with E-state index in [1.807, 2.05) is 0 Å². The first kappa shape index (κ1) is 22.7. The summed E-state index contributed by atoms with van der Waals surface area (Å²) in [5.41, 5.74) is -1.05. The van der Waals surface area contributed by atoms with Crippen molar-refractivity contribution in [1.82, 2.24) is 14.8 Å². The molecule has 2 aliphatic heterocycles. The summed E-state index contributed by atoms with van der Waals surface area (Å²) in [4.78, 5) is 53.6. The van der Waals surface area contributed by atoms with Gasteiger partial charge in [-0.1, -0.05) is 0 Å². The molecular formula is C22H26FN5O5. The molecule has 176 valence electrons. The van der Waals surface area contributed by atoms with E-state index in [0.29, 0.717) is 42.8 Å². The van der Waals surface area contributed by atoms with Crippen molar-refractivity contribution in [3.63, 3.8) is 0 Å². The number of carbonyl (C=O) groups is 3. The Hall–Kier alpha value is -3.50. The van der Waals surface area contributed by atoms with Crippen LogP contribution in [-0.2, 0) is 14.3 Å². The highest BCUT2D eigenvalue weighted by Crippen LogP contribution is 2.26. The van der Waals surface area contributed by atoms with E-state index in [1.54, 1.807) is 30.6 Å². The summed E-state index contributed by atoms with van der Waals surface area (Å²) in [6, 6.07) is 2.62. The van der Waals surface area contributed by atoms with Gasteiger partial charge in [-0.3, -0.25) is 14.4 Å². The summed E-state index contributed by atoms with van der Waals surface area (Å²) in [5.74, 6) is -1.64. The number of halogens is 1. The van der Waals surface area contributed by atoms with Crippen LogP contribution < -0.4 is 15.5 Å². The van der Waals surface area contributed by atoms with E-state index in [0.717, 1.165) is 11.1 Å². The van der Waals surface area contributed by atoms with Crippen LogP contribution in [0.1, 0.15) is 40.0 Å². The molecule has 2 fully saturated rings. The number of anilines is 1. The zero-order valence-electron chi connectivity index (χ0n) is 18.8. The molecule has 3 heterocycles. The number of aromatic nitrogens is 2. The first-order chi connectivity index (χ1) is 15.5. The summed E-state index contributed by atoms with van der Waals surface area (Å²) in [6.45, 7) is 6.91. The van der Waals surface area contributed by atoms with E-state index in [1.165, 1.54) is 12.3 Å². The molecule has 2 saturated heterocycles. The lowest BCUT2D eigenvalue weighted by Gasteiger charge is -2.37. The van der Waals surface area contributed by atoms with E-state index in [-0.39, 0.29) is 23.9 Å². The van der Waals surface area contributed by atoms with Gasteiger partial charge < -0.3 is 14.5 Å². The van der Waals surface area contributed by atoms with Gasteiger partial charge in [0.1, 0.15) is 11.4 Å². The van der Waals surface area contributed by atoms with E-state index in [2.05, 4.69) is 5.10 Å². The van der Waals surface area contributed by atoms with Crippen LogP contribution >= 0.6 is 0 Å². The van der Waals surface area contributed by atoms with Gasteiger partial charge in [-0.2, -0.15) is 10.1 Å². The maximum atomic E-state index is 15.0. The topological polar surface area (TPSA) is 105 Å². The predicted octanol–water partition coefficient (Wildman–Crippen LogP) is 1.77. The van der Waals surface area contributed by atoms with E-state index < -0.39 is 34.9 Å². The highest BCUT2D eigenvalue weighted by Gasteiger charge is 2.30. The number of piperazine rings is 1. The Morgan fingerprint density at radius 3 is 2.27 bits per heavy atom. The Morgan fingerprint density at radius 1 is 1.03 bits per heavy atom. The molecule has 1 aromatic carbocycles. The monoisotopic (exact) mass is 459 g/mol. The average Bonchev–Trinajstić information content (AvgIpc) is 2.74. The number of piperidine rings is 1. The maximum absolute atomic E-state index is 15.0. The molecule has 0 N–H and O–H groups in total. The van der Waals surface area contributed by atoms with Crippen molar-refractivity contribution in [2.75, 3.05) is 36.1 Å². The lowest BCUT2D eigenvalue weighted by molar-refractivity contribution is -0.131. The van der Waals surface area contributed by atoms with Crippen LogP contribution in [0.4, 0.5) is 14.9 Å². The van der Waals surface area contributed by atoms with Crippen LogP contribution in [0.2, 0.25) is 0 Å². The van der Waals surface area contributed by atoms with Crippen molar-refractivity contribution in [2.45, 2.75) is 45.6 Å². The highest BCUT2D eigenvalue weighted by molar-refractivity contribution is 6.10. The zero-order chi connectivity index (χ0) is 23.9. The minimum absolute atomic E-state index is 0.0183. The summed E-state index contributed by atoms with van der Waals surface area (Å²) in [7, 11) is 0. The third-order valence-electron chi connectivity index (χ3n) is 5.55. The number of hydrogen-bond acceptors (Lipinski definition) is 7. The Bertz CT molecular complexity index is 1160. The van der Waals surface area contributed by atoms with Gasteiger partial charge >= 0.3 is 6.09 Å². The molecule has 0 atom stereocenters. The average molecular weight is 459 g/mol. The third kappa shape index (κ3) is 4.53. The Labute approximate surface area is 189 Å². The van der Waals surface area contributed by atoms with E-state index >= 15 is 4.39 Å². The second kappa shape index (κ2) is 8.45. The first-order valence-corrected chi connectivity index (χ1v) is 10.9. The molecular weight excluding hydrogens is 433 g/mol. The number of imide groups is 1. The van der Waals surface area contributed by atoms with Crippen LogP contribution in [0.25, 0.3) is 10.8 Å². The van der Waals surface area contributed by atoms with Crippen molar-refractivity contribution in [2.24, 2.45) is 0 Å². The SMILES string of the molecule is CC(C)(C)OC(=O)N1CCN(c2cc3cnn(N4C(=O)CCCC4=O)c(=O)c3cc2F)CC1. The molecule has 10 nitrogen and oxygen atoms in total. The molecule has 4 rings (SSSR count). The zero-order valence-corrected chi connectivity index (χ0v) is 18.8.